The summed E-state index contributed by atoms with van der Waals surface area (Å²) in [5.41, 5.74) is 1.46. The van der Waals surface area contributed by atoms with E-state index >= 15 is 0 Å². The fourth-order valence-electron chi connectivity index (χ4n) is 4.95. The Bertz CT molecular complexity index is 1080. The van der Waals surface area contributed by atoms with Gasteiger partial charge < -0.3 is 4.74 Å². The maximum atomic E-state index is 12.9. The van der Waals surface area contributed by atoms with Crippen LogP contribution in [0.25, 0.3) is 10.8 Å². The molecule has 0 heterocycles. The zero-order valence-corrected chi connectivity index (χ0v) is 23.2. The summed E-state index contributed by atoms with van der Waals surface area (Å²) in [6, 6.07) is 18.0. The van der Waals surface area contributed by atoms with E-state index in [0.29, 0.717) is 6.54 Å². The van der Waals surface area contributed by atoms with Crippen molar-refractivity contribution in [2.75, 3.05) is 13.2 Å². The molecule has 0 N–H and O–H groups in total. The quantitative estimate of drug-likeness (QED) is 0.126. The SMILES string of the molecule is CCCCCCCCCCCCOc1ccc(C[N+](CC)Cc2ccc(C(F)(F)F)cc2)c2ccccc12. The molecule has 207 valence electrons. The van der Waals surface area contributed by atoms with Crippen LogP contribution >= 0.6 is 0 Å². The Morgan fingerprint density at radius 3 is 1.87 bits per heavy atom. The lowest BCUT2D eigenvalue weighted by Gasteiger charge is -2.15. The molecule has 0 spiro atoms. The molecule has 0 amide bonds. The van der Waals surface area contributed by atoms with E-state index in [2.05, 4.69) is 43.0 Å². The number of hydrogen-bond donors (Lipinski definition) is 0. The Kier molecular flexibility index (Phi) is 12.5. The number of hydrogen-bond acceptors (Lipinski definition) is 2. The van der Waals surface area contributed by atoms with Crippen molar-refractivity contribution in [1.82, 2.24) is 4.90 Å². The van der Waals surface area contributed by atoms with Crippen LogP contribution in [0.5, 0.6) is 5.75 Å². The van der Waals surface area contributed by atoms with Crippen molar-refractivity contribution in [3.63, 3.8) is 0 Å². The van der Waals surface area contributed by atoms with Gasteiger partial charge in [-0.05, 0) is 43.0 Å². The lowest BCUT2D eigenvalue weighted by atomic mass is 10.0. The summed E-state index contributed by atoms with van der Waals surface area (Å²) in [7, 11) is 0. The summed E-state index contributed by atoms with van der Waals surface area (Å²) in [4.78, 5) is 2.24. The van der Waals surface area contributed by atoms with Crippen LogP contribution < -0.4 is 9.64 Å². The third-order valence-electron chi connectivity index (χ3n) is 7.26. The molecule has 5 heteroatoms. The maximum absolute atomic E-state index is 12.9. The number of rotatable bonds is 17. The molecule has 3 aromatic rings. The normalized spacial score (nSPS) is 11.9. The van der Waals surface area contributed by atoms with Crippen LogP contribution in [-0.2, 0) is 19.3 Å². The highest BCUT2D eigenvalue weighted by Gasteiger charge is 2.30. The molecule has 1 radical (unpaired) electrons. The van der Waals surface area contributed by atoms with E-state index in [1.165, 1.54) is 80.9 Å². The molecule has 0 unspecified atom stereocenters. The molecular formula is C33H44F3NO+. The van der Waals surface area contributed by atoms with Crippen molar-refractivity contribution in [2.24, 2.45) is 0 Å². The van der Waals surface area contributed by atoms with Crippen LogP contribution in [0.15, 0.2) is 60.7 Å². The highest BCUT2D eigenvalue weighted by atomic mass is 19.4. The van der Waals surface area contributed by atoms with Gasteiger partial charge in [-0.1, -0.05) is 101 Å². The third kappa shape index (κ3) is 9.65. The monoisotopic (exact) mass is 527 g/mol. The van der Waals surface area contributed by atoms with Gasteiger partial charge in [0.1, 0.15) is 25.4 Å². The zero-order chi connectivity index (χ0) is 27.2. The molecule has 0 saturated heterocycles. The Balaban J connectivity index is 1.51. The minimum absolute atomic E-state index is 0.597. The second kappa shape index (κ2) is 15.8. The fourth-order valence-corrected chi connectivity index (χ4v) is 4.95. The minimum atomic E-state index is -4.31. The Hall–Kier alpha value is -2.53. The number of fused-ring (bicyclic) bond motifs is 1. The molecule has 0 aliphatic rings. The summed E-state index contributed by atoms with van der Waals surface area (Å²) < 4.78 is 44.9. The first-order chi connectivity index (χ1) is 18.4. The van der Waals surface area contributed by atoms with Crippen LogP contribution in [0.1, 0.15) is 94.7 Å². The average Bonchev–Trinajstić information content (AvgIpc) is 2.92. The largest absolute Gasteiger partial charge is 0.493 e. The lowest BCUT2D eigenvalue weighted by Crippen LogP contribution is -2.28. The molecule has 0 atom stereocenters. The fraction of sp³-hybridized carbons (Fsp3) is 0.515. The summed E-state index contributed by atoms with van der Waals surface area (Å²) in [6.45, 7) is 7.18. The van der Waals surface area contributed by atoms with Crippen molar-refractivity contribution in [1.29, 1.82) is 0 Å². The van der Waals surface area contributed by atoms with Gasteiger partial charge in [-0.2, -0.15) is 18.1 Å². The smallest absolute Gasteiger partial charge is 0.416 e. The van der Waals surface area contributed by atoms with Crippen LogP contribution in [0.4, 0.5) is 13.2 Å². The molecule has 3 rings (SSSR count). The second-order valence-electron chi connectivity index (χ2n) is 10.3. The standard InChI is InChI=1S/C33H44F3NO/c1-3-5-6-7-8-9-10-11-12-15-24-38-32-23-20-28(30-16-13-14-17-31(30)32)26-37(4-2)25-27-18-21-29(22-19-27)33(34,35)36/h13-14,16-23H,3-12,15,24-26H2,1-2H3/q+1. The number of nitrogens with zero attached hydrogens (tertiary/aromatic N) is 1. The number of benzene rings is 3. The highest BCUT2D eigenvalue weighted by molar-refractivity contribution is 5.91. The van der Waals surface area contributed by atoms with E-state index < -0.39 is 11.7 Å². The van der Waals surface area contributed by atoms with Crippen molar-refractivity contribution in [3.05, 3.63) is 77.4 Å². The topological polar surface area (TPSA) is 15.1 Å². The summed E-state index contributed by atoms with van der Waals surface area (Å²) in [5.74, 6) is 0.922. The first-order valence-corrected chi connectivity index (χ1v) is 14.4. The van der Waals surface area contributed by atoms with Crippen molar-refractivity contribution in [3.8, 4) is 5.75 Å². The van der Waals surface area contributed by atoms with Crippen LogP contribution in [-0.4, -0.2) is 13.2 Å². The summed E-state index contributed by atoms with van der Waals surface area (Å²) in [5, 5.41) is 2.28. The number of alkyl halides is 3. The van der Waals surface area contributed by atoms with E-state index in [4.69, 9.17) is 4.74 Å². The predicted molar refractivity (Wildman–Crippen MR) is 153 cm³/mol. The molecule has 0 aliphatic carbocycles. The molecule has 2 nitrogen and oxygen atoms in total. The van der Waals surface area contributed by atoms with Gasteiger partial charge in [0.25, 0.3) is 0 Å². The van der Waals surface area contributed by atoms with Crippen LogP contribution in [0.3, 0.4) is 0 Å². The second-order valence-corrected chi connectivity index (χ2v) is 10.3. The predicted octanol–water partition coefficient (Wildman–Crippen LogP) is 10.0. The Morgan fingerprint density at radius 2 is 1.26 bits per heavy atom. The van der Waals surface area contributed by atoms with Crippen molar-refractivity contribution in [2.45, 2.75) is 97.3 Å². The van der Waals surface area contributed by atoms with Gasteiger partial charge in [0.2, 0.25) is 0 Å². The molecule has 0 bridgehead atoms. The summed E-state index contributed by atoms with van der Waals surface area (Å²) >= 11 is 0. The zero-order valence-electron chi connectivity index (χ0n) is 23.2. The number of halogens is 3. The number of unbranched alkanes of at least 4 members (excludes halogenated alkanes) is 9. The lowest BCUT2D eigenvalue weighted by molar-refractivity contribution is -0.137. The molecule has 3 aromatic carbocycles. The summed E-state index contributed by atoms with van der Waals surface area (Å²) in [6.07, 6.45) is 8.74. The molecular weight excluding hydrogens is 483 g/mol. The van der Waals surface area contributed by atoms with Gasteiger partial charge >= 0.3 is 6.18 Å². The van der Waals surface area contributed by atoms with E-state index in [1.54, 1.807) is 12.1 Å². The van der Waals surface area contributed by atoms with Gasteiger partial charge in [-0.3, -0.25) is 0 Å². The Labute approximate surface area is 227 Å². The molecule has 38 heavy (non-hydrogen) atoms. The van der Waals surface area contributed by atoms with E-state index in [0.717, 1.165) is 42.8 Å². The van der Waals surface area contributed by atoms with E-state index in [-0.39, 0.29) is 0 Å². The van der Waals surface area contributed by atoms with Crippen molar-refractivity contribution < 1.29 is 17.9 Å². The first-order valence-electron chi connectivity index (χ1n) is 14.4. The first kappa shape index (κ1) is 30.0. The van der Waals surface area contributed by atoms with Crippen LogP contribution in [0.2, 0.25) is 0 Å². The molecule has 0 saturated carbocycles. The van der Waals surface area contributed by atoms with Crippen LogP contribution in [0, 0.1) is 0 Å². The van der Waals surface area contributed by atoms with Gasteiger partial charge in [-0.25, -0.2) is 0 Å². The maximum Gasteiger partial charge on any atom is 0.416 e. The van der Waals surface area contributed by atoms with Gasteiger partial charge in [0.15, 0.2) is 0 Å². The average molecular weight is 528 g/mol. The van der Waals surface area contributed by atoms with E-state index in [9.17, 15) is 13.2 Å². The van der Waals surface area contributed by atoms with E-state index in [1.807, 2.05) is 12.1 Å². The minimum Gasteiger partial charge on any atom is -0.493 e. The van der Waals surface area contributed by atoms with Gasteiger partial charge in [0.05, 0.1) is 12.2 Å². The third-order valence-corrected chi connectivity index (χ3v) is 7.26. The van der Waals surface area contributed by atoms with Crippen molar-refractivity contribution >= 4 is 10.8 Å². The molecule has 0 aliphatic heterocycles. The van der Waals surface area contributed by atoms with Gasteiger partial charge in [-0.15, -0.1) is 0 Å². The van der Waals surface area contributed by atoms with Gasteiger partial charge in [0, 0.05) is 16.5 Å². The Morgan fingerprint density at radius 1 is 0.658 bits per heavy atom. The highest BCUT2D eigenvalue weighted by Crippen LogP contribution is 2.31. The molecule has 0 fully saturated rings. The molecule has 0 aromatic heterocycles. The number of ether oxygens (including phenoxy) is 1.